The minimum atomic E-state index is -0.561. The fraction of sp³-hybridized carbons (Fsp3) is 0.0909. The predicted octanol–water partition coefficient (Wildman–Crippen LogP) is 5.38. The lowest BCUT2D eigenvalue weighted by Gasteiger charge is -2.10. The summed E-state index contributed by atoms with van der Waals surface area (Å²) in [6.45, 7) is 1.46. The van der Waals surface area contributed by atoms with Crippen LogP contribution in [0.25, 0.3) is 22.6 Å². The van der Waals surface area contributed by atoms with Crippen LogP contribution in [0.3, 0.4) is 0 Å². The molecule has 0 fully saturated rings. The zero-order valence-electron chi connectivity index (χ0n) is 16.3. The first-order chi connectivity index (χ1) is 14.9. The number of hydrogen-bond donors (Lipinski definition) is 1. The zero-order chi connectivity index (χ0) is 22.0. The molecule has 0 saturated heterocycles. The molecule has 0 spiro atoms. The van der Waals surface area contributed by atoms with Gasteiger partial charge in [0.1, 0.15) is 5.52 Å². The molecule has 0 unspecified atom stereocenters. The average molecular weight is 438 g/mol. The molecule has 9 heteroatoms. The van der Waals surface area contributed by atoms with Crippen molar-refractivity contribution < 1.29 is 18.9 Å². The number of aromatic nitrogens is 1. The lowest BCUT2D eigenvalue weighted by atomic mass is 10.1. The lowest BCUT2D eigenvalue weighted by molar-refractivity contribution is -0.385. The second kappa shape index (κ2) is 8.45. The number of benzene rings is 3. The summed E-state index contributed by atoms with van der Waals surface area (Å²) in [5.74, 6) is -0.0371. The van der Waals surface area contributed by atoms with Crippen molar-refractivity contribution in [3.05, 3.63) is 81.4 Å². The number of carbonyl (C=O) groups excluding carboxylic acids is 1. The number of anilines is 1. The van der Waals surface area contributed by atoms with Gasteiger partial charge in [-0.1, -0.05) is 29.8 Å². The number of amides is 1. The van der Waals surface area contributed by atoms with E-state index < -0.39 is 10.8 Å². The molecule has 8 nitrogen and oxygen atoms in total. The van der Waals surface area contributed by atoms with E-state index in [4.69, 9.17) is 20.8 Å². The van der Waals surface area contributed by atoms with Crippen molar-refractivity contribution in [1.82, 2.24) is 4.98 Å². The van der Waals surface area contributed by atoms with Crippen LogP contribution in [0.15, 0.2) is 65.1 Å². The van der Waals surface area contributed by atoms with Gasteiger partial charge in [0, 0.05) is 22.3 Å². The molecule has 4 aromatic rings. The van der Waals surface area contributed by atoms with E-state index in [1.807, 2.05) is 19.1 Å². The standard InChI is InChI=1S/C22H16ClN3O5/c1-13-6-7-14(22-25-17-11-15(23)8-9-19(17)31-22)10-16(13)24-21(27)12-30-20-5-3-2-4-18(20)26(28)29/h2-11H,12H2,1H3,(H,24,27). The van der Waals surface area contributed by atoms with Crippen LogP contribution in [0.4, 0.5) is 11.4 Å². The van der Waals surface area contributed by atoms with Crippen LogP contribution < -0.4 is 10.1 Å². The Morgan fingerprint density at radius 1 is 1.19 bits per heavy atom. The Bertz CT molecular complexity index is 1300. The first kappa shape index (κ1) is 20.4. The van der Waals surface area contributed by atoms with Gasteiger partial charge in [0.15, 0.2) is 17.9 Å². The molecular formula is C22H16ClN3O5. The van der Waals surface area contributed by atoms with Gasteiger partial charge in [0.05, 0.1) is 4.92 Å². The molecule has 4 rings (SSSR count). The fourth-order valence-electron chi connectivity index (χ4n) is 2.97. The number of carbonyl (C=O) groups is 1. The summed E-state index contributed by atoms with van der Waals surface area (Å²) in [4.78, 5) is 27.3. The first-order valence-corrected chi connectivity index (χ1v) is 9.62. The minimum absolute atomic E-state index is 0.0262. The molecule has 31 heavy (non-hydrogen) atoms. The van der Waals surface area contributed by atoms with Gasteiger partial charge in [-0.15, -0.1) is 0 Å². The van der Waals surface area contributed by atoms with Crippen LogP contribution >= 0.6 is 11.6 Å². The molecule has 1 aromatic heterocycles. The van der Waals surface area contributed by atoms with Crippen molar-refractivity contribution >= 4 is 40.0 Å². The summed E-state index contributed by atoms with van der Waals surface area (Å²) in [5, 5.41) is 14.4. The highest BCUT2D eigenvalue weighted by Crippen LogP contribution is 2.29. The van der Waals surface area contributed by atoms with Gasteiger partial charge in [-0.25, -0.2) is 4.98 Å². The maximum Gasteiger partial charge on any atom is 0.310 e. The summed E-state index contributed by atoms with van der Waals surface area (Å²) >= 11 is 6.00. The Morgan fingerprint density at radius 3 is 2.81 bits per heavy atom. The van der Waals surface area contributed by atoms with Crippen molar-refractivity contribution in [2.45, 2.75) is 6.92 Å². The second-order valence-electron chi connectivity index (χ2n) is 6.72. The molecule has 3 aromatic carbocycles. The van der Waals surface area contributed by atoms with E-state index >= 15 is 0 Å². The number of nitrogens with one attached hydrogen (secondary N) is 1. The Labute approximate surface area is 181 Å². The number of halogens is 1. The molecule has 156 valence electrons. The lowest BCUT2D eigenvalue weighted by Crippen LogP contribution is -2.21. The molecule has 0 aliphatic carbocycles. The van der Waals surface area contributed by atoms with Gasteiger partial charge >= 0.3 is 5.69 Å². The molecule has 0 radical (unpaired) electrons. The van der Waals surface area contributed by atoms with Crippen molar-refractivity contribution in [2.75, 3.05) is 11.9 Å². The average Bonchev–Trinajstić information content (AvgIpc) is 3.17. The molecule has 0 aliphatic rings. The number of ether oxygens (including phenoxy) is 1. The molecule has 1 heterocycles. The van der Waals surface area contributed by atoms with Gasteiger partial charge in [0.2, 0.25) is 5.89 Å². The van der Waals surface area contributed by atoms with E-state index in [1.54, 1.807) is 30.3 Å². The SMILES string of the molecule is Cc1ccc(-c2nc3cc(Cl)ccc3o2)cc1NC(=O)COc1ccccc1[N+](=O)[O-]. The molecule has 0 saturated carbocycles. The topological polar surface area (TPSA) is 108 Å². The van der Waals surface area contributed by atoms with E-state index in [2.05, 4.69) is 10.3 Å². The van der Waals surface area contributed by atoms with E-state index in [0.29, 0.717) is 33.3 Å². The van der Waals surface area contributed by atoms with Crippen LogP contribution in [0, 0.1) is 17.0 Å². The number of nitro groups is 1. The predicted molar refractivity (Wildman–Crippen MR) is 116 cm³/mol. The molecular weight excluding hydrogens is 422 g/mol. The zero-order valence-corrected chi connectivity index (χ0v) is 17.1. The number of nitro benzene ring substituents is 1. The Morgan fingerprint density at radius 2 is 2.00 bits per heavy atom. The molecule has 1 amide bonds. The smallest absolute Gasteiger partial charge is 0.310 e. The van der Waals surface area contributed by atoms with E-state index in [9.17, 15) is 14.9 Å². The normalized spacial score (nSPS) is 10.8. The second-order valence-corrected chi connectivity index (χ2v) is 7.16. The highest BCUT2D eigenvalue weighted by atomic mass is 35.5. The summed E-state index contributed by atoms with van der Waals surface area (Å²) in [6.07, 6.45) is 0. The van der Waals surface area contributed by atoms with Crippen molar-refractivity contribution in [3.63, 3.8) is 0 Å². The van der Waals surface area contributed by atoms with Crippen LogP contribution in [0.5, 0.6) is 5.75 Å². The third-order valence-electron chi connectivity index (χ3n) is 4.53. The number of aryl methyl sites for hydroxylation is 1. The van der Waals surface area contributed by atoms with Crippen LogP contribution in [-0.4, -0.2) is 22.4 Å². The van der Waals surface area contributed by atoms with Crippen LogP contribution in [0.1, 0.15) is 5.56 Å². The maximum absolute atomic E-state index is 12.4. The number of rotatable bonds is 6. The molecule has 0 aliphatic heterocycles. The molecule has 0 bridgehead atoms. The quantitative estimate of drug-likeness (QED) is 0.320. The fourth-order valence-corrected chi connectivity index (χ4v) is 3.14. The van der Waals surface area contributed by atoms with Crippen molar-refractivity contribution in [2.24, 2.45) is 0 Å². The molecule has 1 N–H and O–H groups in total. The largest absolute Gasteiger partial charge is 0.477 e. The summed E-state index contributed by atoms with van der Waals surface area (Å²) in [6, 6.07) is 16.5. The Hall–Kier alpha value is -3.91. The maximum atomic E-state index is 12.4. The van der Waals surface area contributed by atoms with E-state index in [1.165, 1.54) is 18.2 Å². The number of oxazole rings is 1. The van der Waals surface area contributed by atoms with Gasteiger partial charge < -0.3 is 14.5 Å². The van der Waals surface area contributed by atoms with Gasteiger partial charge in [-0.2, -0.15) is 0 Å². The van der Waals surface area contributed by atoms with E-state index in [0.717, 1.165) is 5.56 Å². The van der Waals surface area contributed by atoms with Crippen LogP contribution in [-0.2, 0) is 4.79 Å². The monoisotopic (exact) mass is 437 g/mol. The number of nitrogens with zero attached hydrogens (tertiary/aromatic N) is 2. The summed E-state index contributed by atoms with van der Waals surface area (Å²) in [5.41, 5.74) is 3.07. The summed E-state index contributed by atoms with van der Waals surface area (Å²) in [7, 11) is 0. The van der Waals surface area contributed by atoms with E-state index in [-0.39, 0.29) is 18.0 Å². The third-order valence-corrected chi connectivity index (χ3v) is 4.76. The third kappa shape index (κ3) is 4.49. The van der Waals surface area contributed by atoms with Gasteiger partial charge in [-0.05, 0) is 48.9 Å². The summed E-state index contributed by atoms with van der Waals surface area (Å²) < 4.78 is 11.1. The van der Waals surface area contributed by atoms with Crippen molar-refractivity contribution in [1.29, 1.82) is 0 Å². The van der Waals surface area contributed by atoms with Gasteiger partial charge in [0.25, 0.3) is 5.91 Å². The number of hydrogen-bond acceptors (Lipinski definition) is 6. The minimum Gasteiger partial charge on any atom is -0.477 e. The number of para-hydroxylation sites is 2. The highest BCUT2D eigenvalue weighted by molar-refractivity contribution is 6.31. The first-order valence-electron chi connectivity index (χ1n) is 9.24. The Kier molecular flexibility index (Phi) is 5.55. The highest BCUT2D eigenvalue weighted by Gasteiger charge is 2.16. The molecule has 0 atom stereocenters. The Balaban J connectivity index is 1.51. The van der Waals surface area contributed by atoms with Gasteiger partial charge in [-0.3, -0.25) is 14.9 Å². The number of fused-ring (bicyclic) bond motifs is 1. The van der Waals surface area contributed by atoms with Crippen molar-refractivity contribution in [3.8, 4) is 17.2 Å². The van der Waals surface area contributed by atoms with Crippen LogP contribution in [0.2, 0.25) is 5.02 Å².